The Hall–Kier alpha value is -2.84. The predicted octanol–water partition coefficient (Wildman–Crippen LogP) is 3.30. The molecule has 1 aliphatic carbocycles. The van der Waals surface area contributed by atoms with Crippen LogP contribution in [0.15, 0.2) is 48.5 Å². The van der Waals surface area contributed by atoms with Gasteiger partial charge in [-0.2, -0.15) is 0 Å². The molecule has 2 fully saturated rings. The Labute approximate surface area is 178 Å². The van der Waals surface area contributed by atoms with Gasteiger partial charge in [-0.3, -0.25) is 9.69 Å². The second-order valence-corrected chi connectivity index (χ2v) is 8.11. The highest BCUT2D eigenvalue weighted by atomic mass is 19.1. The molecule has 2 aliphatic rings. The fourth-order valence-corrected chi connectivity index (χ4v) is 4.29. The van der Waals surface area contributed by atoms with Crippen molar-refractivity contribution >= 4 is 11.9 Å². The van der Waals surface area contributed by atoms with E-state index >= 15 is 0 Å². The number of amides is 3. The summed E-state index contributed by atoms with van der Waals surface area (Å²) >= 11 is 0. The van der Waals surface area contributed by atoms with Crippen LogP contribution in [-0.2, 0) is 9.53 Å². The highest BCUT2D eigenvalue weighted by Crippen LogP contribution is 2.35. The van der Waals surface area contributed by atoms with Gasteiger partial charge in [-0.25, -0.2) is 13.6 Å². The zero-order chi connectivity index (χ0) is 22.0. The van der Waals surface area contributed by atoms with E-state index in [1.807, 2.05) is 0 Å². The molecule has 1 heterocycles. The Morgan fingerprint density at radius 2 is 1.48 bits per heavy atom. The molecule has 31 heavy (non-hydrogen) atoms. The number of aliphatic hydroxyl groups excluding tert-OH is 1. The molecule has 3 amide bonds. The summed E-state index contributed by atoms with van der Waals surface area (Å²) in [5, 5.41) is 13.3. The van der Waals surface area contributed by atoms with Gasteiger partial charge in [0.15, 0.2) is 0 Å². The van der Waals surface area contributed by atoms with E-state index in [-0.39, 0.29) is 19.1 Å². The number of benzene rings is 2. The molecular formula is C23H24F2N2O4. The van der Waals surface area contributed by atoms with Crippen LogP contribution in [0.3, 0.4) is 0 Å². The molecule has 2 aromatic carbocycles. The molecule has 1 saturated heterocycles. The fourth-order valence-electron chi connectivity index (χ4n) is 4.29. The van der Waals surface area contributed by atoms with Gasteiger partial charge in [0.05, 0.1) is 19.3 Å². The SMILES string of the molecule is O=C1NC2(CCCC2)C(=O)N1CC(O)COC(c1ccc(F)cc1)c1ccc(F)cc1. The van der Waals surface area contributed by atoms with Crippen LogP contribution in [0.5, 0.6) is 0 Å². The molecule has 6 nitrogen and oxygen atoms in total. The molecule has 4 rings (SSSR count). The van der Waals surface area contributed by atoms with E-state index in [4.69, 9.17) is 4.74 Å². The quantitative estimate of drug-likeness (QED) is 0.661. The number of nitrogens with zero attached hydrogens (tertiary/aromatic N) is 1. The fraction of sp³-hybridized carbons (Fsp3) is 0.391. The third-order valence-electron chi connectivity index (χ3n) is 5.90. The van der Waals surface area contributed by atoms with E-state index in [2.05, 4.69) is 5.32 Å². The van der Waals surface area contributed by atoms with Crippen LogP contribution in [0, 0.1) is 11.6 Å². The van der Waals surface area contributed by atoms with E-state index in [9.17, 15) is 23.5 Å². The summed E-state index contributed by atoms with van der Waals surface area (Å²) in [7, 11) is 0. The molecule has 164 valence electrons. The van der Waals surface area contributed by atoms with Gasteiger partial charge in [0.25, 0.3) is 5.91 Å². The lowest BCUT2D eigenvalue weighted by molar-refractivity contribution is -0.132. The van der Waals surface area contributed by atoms with Gasteiger partial charge in [-0.15, -0.1) is 0 Å². The molecule has 1 saturated carbocycles. The van der Waals surface area contributed by atoms with E-state index in [0.29, 0.717) is 24.0 Å². The molecule has 1 spiro atoms. The number of hydrogen-bond donors (Lipinski definition) is 2. The second-order valence-electron chi connectivity index (χ2n) is 8.11. The Bertz CT molecular complexity index is 898. The first kappa shape index (κ1) is 21.4. The van der Waals surface area contributed by atoms with Gasteiger partial charge in [0.2, 0.25) is 0 Å². The second kappa shape index (κ2) is 8.72. The summed E-state index contributed by atoms with van der Waals surface area (Å²) in [6.45, 7) is -0.366. The Morgan fingerprint density at radius 1 is 0.968 bits per heavy atom. The highest BCUT2D eigenvalue weighted by Gasteiger charge is 2.52. The zero-order valence-corrected chi connectivity index (χ0v) is 16.9. The smallest absolute Gasteiger partial charge is 0.325 e. The number of aliphatic hydroxyl groups is 1. The van der Waals surface area contributed by atoms with Gasteiger partial charge in [-0.05, 0) is 48.2 Å². The number of nitrogens with one attached hydrogen (secondary N) is 1. The third-order valence-corrected chi connectivity index (χ3v) is 5.90. The first-order valence-electron chi connectivity index (χ1n) is 10.3. The summed E-state index contributed by atoms with van der Waals surface area (Å²) in [6, 6.07) is 10.9. The van der Waals surface area contributed by atoms with Crippen LogP contribution in [0.1, 0.15) is 42.9 Å². The number of rotatable bonds is 7. The van der Waals surface area contributed by atoms with E-state index < -0.39 is 35.4 Å². The maximum atomic E-state index is 13.3. The molecule has 1 unspecified atom stereocenters. The van der Waals surface area contributed by atoms with Crippen LogP contribution >= 0.6 is 0 Å². The van der Waals surface area contributed by atoms with Gasteiger partial charge in [0.1, 0.15) is 23.3 Å². The van der Waals surface area contributed by atoms with Crippen molar-refractivity contribution in [1.82, 2.24) is 10.2 Å². The Morgan fingerprint density at radius 3 is 2.00 bits per heavy atom. The zero-order valence-electron chi connectivity index (χ0n) is 16.9. The lowest BCUT2D eigenvalue weighted by Crippen LogP contribution is -2.45. The molecule has 1 aliphatic heterocycles. The number of β-amino-alcohol motifs (C(OH)–C–C–N with tert-alkyl or cyclic N) is 1. The number of hydrogen-bond acceptors (Lipinski definition) is 4. The maximum Gasteiger partial charge on any atom is 0.325 e. The van der Waals surface area contributed by atoms with Crippen molar-refractivity contribution < 1.29 is 28.2 Å². The van der Waals surface area contributed by atoms with Crippen molar-refractivity contribution in [1.29, 1.82) is 0 Å². The van der Waals surface area contributed by atoms with Gasteiger partial charge in [0, 0.05) is 0 Å². The average Bonchev–Trinajstić information content (AvgIpc) is 3.31. The molecule has 2 aromatic rings. The van der Waals surface area contributed by atoms with Gasteiger partial charge in [-0.1, -0.05) is 37.1 Å². The van der Waals surface area contributed by atoms with Gasteiger partial charge >= 0.3 is 6.03 Å². The van der Waals surface area contributed by atoms with Crippen molar-refractivity contribution in [2.45, 2.75) is 43.4 Å². The van der Waals surface area contributed by atoms with Crippen LogP contribution in [0.4, 0.5) is 13.6 Å². The largest absolute Gasteiger partial charge is 0.389 e. The van der Waals surface area contributed by atoms with Crippen molar-refractivity contribution in [2.75, 3.05) is 13.2 Å². The number of urea groups is 1. The van der Waals surface area contributed by atoms with Gasteiger partial charge < -0.3 is 15.2 Å². The highest BCUT2D eigenvalue weighted by molar-refractivity contribution is 6.07. The van der Waals surface area contributed by atoms with E-state index in [1.165, 1.54) is 24.3 Å². The maximum absolute atomic E-state index is 13.3. The third kappa shape index (κ3) is 4.45. The summed E-state index contributed by atoms with van der Waals surface area (Å²) in [6.07, 6.45) is 1.18. The first-order chi connectivity index (χ1) is 14.9. The minimum absolute atomic E-state index is 0.177. The molecule has 0 bridgehead atoms. The van der Waals surface area contributed by atoms with Crippen LogP contribution in [0.2, 0.25) is 0 Å². The topological polar surface area (TPSA) is 78.9 Å². The Kier molecular flexibility index (Phi) is 6.02. The summed E-state index contributed by atoms with van der Waals surface area (Å²) in [4.78, 5) is 26.1. The van der Waals surface area contributed by atoms with E-state index in [1.54, 1.807) is 24.3 Å². The number of carbonyl (C=O) groups excluding carboxylic acids is 2. The Balaban J connectivity index is 1.44. The number of imide groups is 1. The minimum atomic E-state index is -1.12. The van der Waals surface area contributed by atoms with Crippen LogP contribution in [0.25, 0.3) is 0 Å². The molecule has 8 heteroatoms. The van der Waals surface area contributed by atoms with Crippen molar-refractivity contribution in [3.05, 3.63) is 71.3 Å². The van der Waals surface area contributed by atoms with Crippen LogP contribution < -0.4 is 5.32 Å². The van der Waals surface area contributed by atoms with Crippen molar-refractivity contribution in [2.24, 2.45) is 0 Å². The number of halogens is 2. The summed E-state index contributed by atoms with van der Waals surface area (Å²) in [5.74, 6) is -1.11. The lowest BCUT2D eigenvalue weighted by atomic mass is 9.98. The number of ether oxygens (including phenoxy) is 1. The van der Waals surface area contributed by atoms with Crippen molar-refractivity contribution in [3.8, 4) is 0 Å². The summed E-state index contributed by atoms with van der Waals surface area (Å²) < 4.78 is 32.6. The molecular weight excluding hydrogens is 406 g/mol. The normalized spacial score (nSPS) is 18.8. The standard InChI is InChI=1S/C23H24F2N2O4/c24-17-7-3-15(4-8-17)20(16-5-9-18(25)10-6-16)31-14-19(28)13-27-21(29)23(26-22(27)30)11-1-2-12-23/h3-10,19-20,28H,1-2,11-14H2,(H,26,30). The number of carbonyl (C=O) groups is 2. The first-order valence-corrected chi connectivity index (χ1v) is 10.3. The molecule has 1 atom stereocenters. The summed E-state index contributed by atoms with van der Waals surface area (Å²) in [5.41, 5.74) is 0.419. The van der Waals surface area contributed by atoms with Crippen molar-refractivity contribution in [3.63, 3.8) is 0 Å². The monoisotopic (exact) mass is 430 g/mol. The lowest BCUT2D eigenvalue weighted by Gasteiger charge is -2.24. The molecule has 0 aromatic heterocycles. The molecule has 2 N–H and O–H groups in total. The van der Waals surface area contributed by atoms with E-state index in [0.717, 1.165) is 17.7 Å². The average molecular weight is 430 g/mol. The minimum Gasteiger partial charge on any atom is -0.389 e. The van der Waals surface area contributed by atoms with Crippen LogP contribution in [-0.4, -0.2) is 46.7 Å². The molecule has 0 radical (unpaired) electrons. The predicted molar refractivity (Wildman–Crippen MR) is 108 cm³/mol.